The first-order valence-corrected chi connectivity index (χ1v) is 8.78. The molecular weight excluding hydrogens is 362 g/mol. The number of carbonyl (C=O) groups is 2. The molecule has 2 aromatic rings. The topological polar surface area (TPSA) is 117 Å². The molecule has 1 aliphatic rings. The van der Waals surface area contributed by atoms with Crippen molar-refractivity contribution in [3.8, 4) is 0 Å². The number of benzene rings is 2. The van der Waals surface area contributed by atoms with Gasteiger partial charge in [-0.1, -0.05) is 0 Å². The standard InChI is InChI=1S/C19H21N5O4/c1-23(2)17-10-7-14(11-16(17)18(25)20-12-3-4-12)22-19(26)21-13-5-8-15(9-6-13)24(27)28/h5-12H,3-4H2,1-2H3,(H,20,25)(H2,21,22,26). The van der Waals surface area contributed by atoms with Crippen LogP contribution in [0.5, 0.6) is 0 Å². The van der Waals surface area contributed by atoms with Crippen molar-refractivity contribution in [2.24, 2.45) is 0 Å². The molecule has 9 heteroatoms. The number of anilines is 3. The fourth-order valence-corrected chi connectivity index (χ4v) is 2.64. The zero-order valence-corrected chi connectivity index (χ0v) is 15.6. The Bertz CT molecular complexity index is 907. The van der Waals surface area contributed by atoms with E-state index in [1.807, 2.05) is 19.0 Å². The molecular formula is C19H21N5O4. The third-order valence-corrected chi connectivity index (χ3v) is 4.23. The number of urea groups is 1. The maximum Gasteiger partial charge on any atom is 0.323 e. The molecule has 3 N–H and O–H groups in total. The fourth-order valence-electron chi connectivity index (χ4n) is 2.64. The highest BCUT2D eigenvalue weighted by Crippen LogP contribution is 2.25. The quantitative estimate of drug-likeness (QED) is 0.523. The Morgan fingerprint density at radius 3 is 2.21 bits per heavy atom. The number of nitrogens with zero attached hydrogens (tertiary/aromatic N) is 2. The predicted octanol–water partition coefficient (Wildman–Crippen LogP) is 3.20. The van der Waals surface area contributed by atoms with E-state index in [0.29, 0.717) is 16.9 Å². The van der Waals surface area contributed by atoms with Gasteiger partial charge in [0.05, 0.1) is 10.5 Å². The zero-order valence-electron chi connectivity index (χ0n) is 15.6. The van der Waals surface area contributed by atoms with Crippen LogP contribution >= 0.6 is 0 Å². The summed E-state index contributed by atoms with van der Waals surface area (Å²) in [6, 6.07) is 10.3. The number of nitro groups is 1. The SMILES string of the molecule is CN(C)c1ccc(NC(=O)Nc2ccc([N+](=O)[O-])cc2)cc1C(=O)NC1CC1. The fraction of sp³-hybridized carbons (Fsp3) is 0.263. The summed E-state index contributed by atoms with van der Waals surface area (Å²) in [6.45, 7) is 0. The predicted molar refractivity (Wildman–Crippen MR) is 107 cm³/mol. The van der Waals surface area contributed by atoms with Gasteiger partial charge in [-0.2, -0.15) is 0 Å². The Balaban J connectivity index is 1.71. The average Bonchev–Trinajstić information content (AvgIpc) is 3.45. The van der Waals surface area contributed by atoms with E-state index in [0.717, 1.165) is 18.5 Å². The maximum atomic E-state index is 12.5. The maximum absolute atomic E-state index is 12.5. The summed E-state index contributed by atoms with van der Waals surface area (Å²) in [5.41, 5.74) is 2.05. The molecule has 0 aliphatic heterocycles. The summed E-state index contributed by atoms with van der Waals surface area (Å²) < 4.78 is 0. The van der Waals surface area contributed by atoms with Crippen LogP contribution in [0.4, 0.5) is 27.5 Å². The summed E-state index contributed by atoms with van der Waals surface area (Å²) in [7, 11) is 3.69. The van der Waals surface area contributed by atoms with Gasteiger partial charge in [0.1, 0.15) is 0 Å². The van der Waals surface area contributed by atoms with Crippen molar-refractivity contribution in [1.29, 1.82) is 0 Å². The van der Waals surface area contributed by atoms with Gasteiger partial charge in [-0.3, -0.25) is 14.9 Å². The first kappa shape index (κ1) is 19.2. The van der Waals surface area contributed by atoms with Crippen LogP contribution in [-0.2, 0) is 0 Å². The molecule has 0 atom stereocenters. The highest BCUT2D eigenvalue weighted by atomic mass is 16.6. The van der Waals surface area contributed by atoms with E-state index in [1.165, 1.54) is 24.3 Å². The lowest BCUT2D eigenvalue weighted by Gasteiger charge is -2.18. The van der Waals surface area contributed by atoms with Gasteiger partial charge in [-0.25, -0.2) is 4.79 Å². The molecule has 28 heavy (non-hydrogen) atoms. The smallest absolute Gasteiger partial charge is 0.323 e. The lowest BCUT2D eigenvalue weighted by molar-refractivity contribution is -0.384. The lowest BCUT2D eigenvalue weighted by Crippen LogP contribution is -2.28. The molecule has 9 nitrogen and oxygen atoms in total. The van der Waals surface area contributed by atoms with Gasteiger partial charge in [-0.15, -0.1) is 0 Å². The average molecular weight is 383 g/mol. The highest BCUT2D eigenvalue weighted by Gasteiger charge is 2.25. The van der Waals surface area contributed by atoms with Crippen molar-refractivity contribution in [2.45, 2.75) is 18.9 Å². The minimum Gasteiger partial charge on any atom is -0.377 e. The first-order chi connectivity index (χ1) is 13.3. The third-order valence-electron chi connectivity index (χ3n) is 4.23. The van der Waals surface area contributed by atoms with Crippen LogP contribution in [0.1, 0.15) is 23.2 Å². The molecule has 0 spiro atoms. The molecule has 0 bridgehead atoms. The Morgan fingerprint density at radius 1 is 1.04 bits per heavy atom. The molecule has 0 radical (unpaired) electrons. The second-order valence-corrected chi connectivity index (χ2v) is 6.76. The molecule has 146 valence electrons. The summed E-state index contributed by atoms with van der Waals surface area (Å²) in [5, 5.41) is 18.9. The summed E-state index contributed by atoms with van der Waals surface area (Å²) in [5.74, 6) is -0.175. The first-order valence-electron chi connectivity index (χ1n) is 8.78. The molecule has 0 aromatic heterocycles. The second kappa shape index (κ2) is 7.95. The van der Waals surface area contributed by atoms with Crippen LogP contribution in [0.3, 0.4) is 0 Å². The number of amides is 3. The van der Waals surface area contributed by atoms with Crippen LogP contribution in [0.15, 0.2) is 42.5 Å². The van der Waals surface area contributed by atoms with Gasteiger partial charge in [0.2, 0.25) is 0 Å². The van der Waals surface area contributed by atoms with Crippen LogP contribution in [0, 0.1) is 10.1 Å². The van der Waals surface area contributed by atoms with Crippen molar-refractivity contribution in [3.63, 3.8) is 0 Å². The van der Waals surface area contributed by atoms with Gasteiger partial charge in [0, 0.05) is 49.3 Å². The van der Waals surface area contributed by atoms with E-state index in [4.69, 9.17) is 0 Å². The molecule has 0 heterocycles. The number of non-ortho nitro benzene ring substituents is 1. The van der Waals surface area contributed by atoms with E-state index in [9.17, 15) is 19.7 Å². The molecule has 1 fully saturated rings. The van der Waals surface area contributed by atoms with Crippen molar-refractivity contribution in [3.05, 3.63) is 58.1 Å². The second-order valence-electron chi connectivity index (χ2n) is 6.76. The number of carbonyl (C=O) groups excluding carboxylic acids is 2. The third kappa shape index (κ3) is 4.76. The van der Waals surface area contributed by atoms with Gasteiger partial charge in [-0.05, 0) is 43.2 Å². The van der Waals surface area contributed by atoms with Crippen molar-refractivity contribution >= 4 is 34.7 Å². The Labute approximate surface area is 161 Å². The lowest BCUT2D eigenvalue weighted by atomic mass is 10.1. The van der Waals surface area contributed by atoms with Crippen molar-refractivity contribution in [1.82, 2.24) is 5.32 Å². The molecule has 1 saturated carbocycles. The van der Waals surface area contributed by atoms with E-state index in [1.54, 1.807) is 18.2 Å². The van der Waals surface area contributed by atoms with Gasteiger partial charge in [0.25, 0.3) is 11.6 Å². The van der Waals surface area contributed by atoms with E-state index in [2.05, 4.69) is 16.0 Å². The zero-order chi connectivity index (χ0) is 20.3. The molecule has 3 rings (SSSR count). The van der Waals surface area contributed by atoms with E-state index < -0.39 is 11.0 Å². The summed E-state index contributed by atoms with van der Waals surface area (Å²) in [6.07, 6.45) is 1.97. The van der Waals surface area contributed by atoms with E-state index >= 15 is 0 Å². The normalized spacial score (nSPS) is 12.8. The number of hydrogen-bond acceptors (Lipinski definition) is 5. The summed E-state index contributed by atoms with van der Waals surface area (Å²) >= 11 is 0. The number of nitro benzene ring substituents is 1. The van der Waals surface area contributed by atoms with Crippen LogP contribution in [0.25, 0.3) is 0 Å². The Hall–Kier alpha value is -3.62. The summed E-state index contributed by atoms with van der Waals surface area (Å²) in [4.78, 5) is 36.7. The number of rotatable bonds is 6. The van der Waals surface area contributed by atoms with Crippen molar-refractivity contribution < 1.29 is 14.5 Å². The molecule has 0 unspecified atom stereocenters. The van der Waals surface area contributed by atoms with Gasteiger partial charge < -0.3 is 20.9 Å². The minimum atomic E-state index is -0.514. The Kier molecular flexibility index (Phi) is 5.44. The Morgan fingerprint density at radius 2 is 1.64 bits per heavy atom. The number of nitrogens with one attached hydrogen (secondary N) is 3. The van der Waals surface area contributed by atoms with Crippen LogP contribution in [-0.4, -0.2) is 37.0 Å². The van der Waals surface area contributed by atoms with Gasteiger partial charge in [0.15, 0.2) is 0 Å². The molecule has 1 aliphatic carbocycles. The highest BCUT2D eigenvalue weighted by molar-refractivity contribution is 6.04. The number of hydrogen-bond donors (Lipinski definition) is 3. The van der Waals surface area contributed by atoms with E-state index in [-0.39, 0.29) is 17.6 Å². The minimum absolute atomic E-state index is 0.0588. The molecule has 2 aromatic carbocycles. The van der Waals surface area contributed by atoms with Crippen molar-refractivity contribution in [2.75, 3.05) is 29.6 Å². The monoisotopic (exact) mass is 383 g/mol. The van der Waals surface area contributed by atoms with Crippen LogP contribution in [0.2, 0.25) is 0 Å². The van der Waals surface area contributed by atoms with Gasteiger partial charge >= 0.3 is 6.03 Å². The largest absolute Gasteiger partial charge is 0.377 e. The molecule has 3 amide bonds. The molecule has 0 saturated heterocycles. The van der Waals surface area contributed by atoms with Crippen LogP contribution < -0.4 is 20.9 Å².